The zero-order valence-corrected chi connectivity index (χ0v) is 24.1. The third-order valence-electron chi connectivity index (χ3n) is 5.45. The van der Waals surface area contributed by atoms with E-state index in [0.717, 1.165) is 8.95 Å². The Bertz CT molecular complexity index is 1320. The van der Waals surface area contributed by atoms with Gasteiger partial charge in [-0.1, -0.05) is 140 Å². The van der Waals surface area contributed by atoms with Crippen molar-refractivity contribution in [1.82, 2.24) is 0 Å². The van der Waals surface area contributed by atoms with Gasteiger partial charge in [0.25, 0.3) is 0 Å². The van der Waals surface area contributed by atoms with Crippen molar-refractivity contribution >= 4 is 90.1 Å². The number of fused-ring (bicyclic) bond motifs is 2. The average molecular weight is 641 g/mol. The maximum Gasteiger partial charge on any atom is 0.0585 e. The SMILES string of the molecule is Brc1ccccc1C(=C1Sc2ccccc2S1)C(=C1Sc2ccccc2S1)c1ccccc1Br. The van der Waals surface area contributed by atoms with Crippen LogP contribution in [-0.4, -0.2) is 0 Å². The molecule has 0 amide bonds. The number of thioether (sulfide) groups is 4. The van der Waals surface area contributed by atoms with Gasteiger partial charge in [-0.2, -0.15) is 0 Å². The Morgan fingerprint density at radius 1 is 0.412 bits per heavy atom. The van der Waals surface area contributed by atoms with Crippen LogP contribution in [0.4, 0.5) is 0 Å². The molecule has 0 aromatic heterocycles. The molecule has 2 heterocycles. The molecule has 0 saturated heterocycles. The molecule has 2 aliphatic heterocycles. The van der Waals surface area contributed by atoms with E-state index in [1.165, 1.54) is 50.3 Å². The predicted molar refractivity (Wildman–Crippen MR) is 158 cm³/mol. The molecule has 0 nitrogen and oxygen atoms in total. The largest absolute Gasteiger partial charge is 0.0809 e. The number of hydrogen-bond acceptors (Lipinski definition) is 4. The quantitative estimate of drug-likeness (QED) is 0.218. The first-order valence-corrected chi connectivity index (χ1v) is 15.4. The Labute approximate surface area is 233 Å². The molecule has 0 unspecified atom stereocenters. The summed E-state index contributed by atoms with van der Waals surface area (Å²) in [4.78, 5) is 5.27. The average Bonchev–Trinajstić information content (AvgIpc) is 3.48. The van der Waals surface area contributed by atoms with Crippen LogP contribution < -0.4 is 0 Å². The molecule has 0 radical (unpaired) electrons. The monoisotopic (exact) mass is 638 g/mol. The van der Waals surface area contributed by atoms with Crippen molar-refractivity contribution < 1.29 is 0 Å². The highest BCUT2D eigenvalue weighted by molar-refractivity contribution is 9.10. The molecule has 0 atom stereocenters. The minimum atomic E-state index is 1.10. The molecule has 2 aliphatic rings. The first-order valence-electron chi connectivity index (χ1n) is 10.6. The lowest BCUT2D eigenvalue weighted by Gasteiger charge is -2.20. The summed E-state index contributed by atoms with van der Waals surface area (Å²) in [5.41, 5.74) is 4.96. The van der Waals surface area contributed by atoms with Gasteiger partial charge in [0.15, 0.2) is 0 Å². The molecule has 0 aliphatic carbocycles. The molecule has 6 heteroatoms. The summed E-state index contributed by atoms with van der Waals surface area (Å²) in [6.07, 6.45) is 0. The van der Waals surface area contributed by atoms with Gasteiger partial charge in [0, 0.05) is 39.7 Å². The summed E-state index contributed by atoms with van der Waals surface area (Å²) in [6.45, 7) is 0. The second-order valence-corrected chi connectivity index (χ2v) is 14.0. The van der Waals surface area contributed by atoms with Crippen molar-refractivity contribution in [3.8, 4) is 0 Å². The minimum Gasteiger partial charge on any atom is -0.0809 e. The van der Waals surface area contributed by atoms with E-state index in [0.29, 0.717) is 0 Å². The lowest BCUT2D eigenvalue weighted by molar-refractivity contribution is 1.27. The van der Waals surface area contributed by atoms with Crippen LogP contribution in [0.3, 0.4) is 0 Å². The van der Waals surface area contributed by atoms with Gasteiger partial charge in [-0.25, -0.2) is 0 Å². The Balaban J connectivity index is 1.65. The second-order valence-electron chi connectivity index (χ2n) is 7.59. The number of hydrogen-bond donors (Lipinski definition) is 0. The Hall–Kier alpha value is -1.28. The van der Waals surface area contributed by atoms with Crippen LogP contribution in [0.1, 0.15) is 11.1 Å². The molecule has 0 fully saturated rings. The summed E-state index contributed by atoms with van der Waals surface area (Å²) in [5, 5.41) is 0. The molecule has 0 spiro atoms. The molecule has 0 bridgehead atoms. The third-order valence-corrected chi connectivity index (χ3v) is 12.0. The van der Waals surface area contributed by atoms with E-state index in [-0.39, 0.29) is 0 Å². The molecule has 34 heavy (non-hydrogen) atoms. The van der Waals surface area contributed by atoms with Crippen molar-refractivity contribution in [1.29, 1.82) is 0 Å². The Morgan fingerprint density at radius 2 is 0.706 bits per heavy atom. The summed E-state index contributed by atoms with van der Waals surface area (Å²) in [6, 6.07) is 34.5. The first-order chi connectivity index (χ1) is 16.7. The molecule has 0 N–H and O–H groups in total. The second kappa shape index (κ2) is 10.00. The highest BCUT2D eigenvalue weighted by Gasteiger charge is 2.30. The molecule has 6 rings (SSSR count). The van der Waals surface area contributed by atoms with E-state index in [9.17, 15) is 0 Å². The fraction of sp³-hybridized carbons (Fsp3) is 0. The zero-order valence-electron chi connectivity index (χ0n) is 17.6. The van der Waals surface area contributed by atoms with Crippen LogP contribution in [0.25, 0.3) is 11.1 Å². The Morgan fingerprint density at radius 3 is 1.03 bits per heavy atom. The number of halogens is 2. The molecule has 166 valence electrons. The number of allylic oxidation sites excluding steroid dienone is 2. The topological polar surface area (TPSA) is 0 Å². The van der Waals surface area contributed by atoms with E-state index >= 15 is 0 Å². The van der Waals surface area contributed by atoms with Gasteiger partial charge < -0.3 is 0 Å². The fourth-order valence-electron chi connectivity index (χ4n) is 3.90. The lowest BCUT2D eigenvalue weighted by Crippen LogP contribution is -1.96. The maximum absolute atomic E-state index is 3.87. The van der Waals surface area contributed by atoms with Crippen LogP contribution in [0, 0.1) is 0 Å². The maximum atomic E-state index is 3.87. The normalized spacial score (nSPS) is 14.2. The van der Waals surface area contributed by atoms with E-state index in [2.05, 4.69) is 129 Å². The van der Waals surface area contributed by atoms with Crippen molar-refractivity contribution in [2.24, 2.45) is 0 Å². The molecular formula is C28H16Br2S4. The van der Waals surface area contributed by atoms with Crippen molar-refractivity contribution in [3.63, 3.8) is 0 Å². The van der Waals surface area contributed by atoms with Crippen molar-refractivity contribution in [2.75, 3.05) is 0 Å². The smallest absolute Gasteiger partial charge is 0.0585 e. The highest BCUT2D eigenvalue weighted by atomic mass is 79.9. The molecular weight excluding hydrogens is 624 g/mol. The van der Waals surface area contributed by atoms with Gasteiger partial charge >= 0.3 is 0 Å². The zero-order chi connectivity index (χ0) is 23.1. The standard InChI is InChI=1S/C28H16Br2S4/c29-19-11-3-1-9-17(19)25(27-31-21-13-5-6-14-22(21)32-27)26(18-10-2-4-12-20(18)30)28-33-23-15-7-8-16-24(23)34-28/h1-16H. The number of benzene rings is 4. The number of rotatable bonds is 3. The summed E-state index contributed by atoms with van der Waals surface area (Å²) >= 11 is 15.2. The van der Waals surface area contributed by atoms with Crippen LogP contribution in [0.15, 0.2) is 134 Å². The van der Waals surface area contributed by atoms with E-state index in [4.69, 9.17) is 0 Å². The van der Waals surface area contributed by atoms with E-state index in [1.54, 1.807) is 0 Å². The molecule has 0 saturated carbocycles. The van der Waals surface area contributed by atoms with Gasteiger partial charge in [-0.3, -0.25) is 0 Å². The van der Waals surface area contributed by atoms with Crippen LogP contribution in [0.5, 0.6) is 0 Å². The lowest BCUT2D eigenvalue weighted by atomic mass is 9.95. The van der Waals surface area contributed by atoms with Crippen molar-refractivity contribution in [2.45, 2.75) is 19.6 Å². The van der Waals surface area contributed by atoms with Gasteiger partial charge in [-0.05, 0) is 47.5 Å². The molecule has 4 aromatic carbocycles. The van der Waals surface area contributed by atoms with Crippen LogP contribution >= 0.6 is 78.9 Å². The molecule has 4 aromatic rings. The third kappa shape index (κ3) is 4.38. The Kier molecular flexibility index (Phi) is 6.80. The minimum absolute atomic E-state index is 1.10. The van der Waals surface area contributed by atoms with Crippen LogP contribution in [0.2, 0.25) is 0 Å². The van der Waals surface area contributed by atoms with E-state index in [1.807, 2.05) is 47.0 Å². The fourth-order valence-corrected chi connectivity index (χ4v) is 10.1. The van der Waals surface area contributed by atoms with Crippen LogP contribution in [-0.2, 0) is 0 Å². The van der Waals surface area contributed by atoms with Gasteiger partial charge in [0.2, 0.25) is 0 Å². The summed E-state index contributed by atoms with van der Waals surface area (Å²) < 4.78 is 4.82. The highest BCUT2D eigenvalue weighted by Crippen LogP contribution is 2.61. The first kappa shape index (κ1) is 23.1. The van der Waals surface area contributed by atoms with Gasteiger partial charge in [0.05, 0.1) is 8.47 Å². The summed E-state index contributed by atoms with van der Waals surface area (Å²) in [5.74, 6) is 0. The summed E-state index contributed by atoms with van der Waals surface area (Å²) in [7, 11) is 0. The van der Waals surface area contributed by atoms with E-state index < -0.39 is 0 Å². The van der Waals surface area contributed by atoms with Crippen molar-refractivity contribution in [3.05, 3.63) is 126 Å². The van der Waals surface area contributed by atoms with Gasteiger partial charge in [-0.15, -0.1) is 0 Å². The predicted octanol–water partition coefficient (Wildman–Crippen LogP) is 11.0. The van der Waals surface area contributed by atoms with Gasteiger partial charge in [0.1, 0.15) is 0 Å².